The van der Waals surface area contributed by atoms with E-state index in [1.54, 1.807) is 55.5 Å². The van der Waals surface area contributed by atoms with Crippen LogP contribution < -0.4 is 14.4 Å². The molecule has 0 radical (unpaired) electrons. The molecule has 4 rings (SSSR count). The smallest absolute Gasteiger partial charge is 0.350 e. The molecule has 0 unspecified atom stereocenters. The number of methoxy groups -OCH3 is 3. The SMILES string of the molecule is COC(=O)c1sc(N2C(=O)C(=O)C(=C(O)c3ccccc3)[C@@H]2c2cccc(OC)c2OC)nc1C. The first-order valence-corrected chi connectivity index (χ1v) is 11.3. The topological polar surface area (TPSA) is 115 Å². The fourth-order valence-electron chi connectivity index (χ4n) is 3.97. The normalized spacial score (nSPS) is 16.9. The van der Waals surface area contributed by atoms with Gasteiger partial charge in [-0.25, -0.2) is 9.78 Å². The Morgan fingerprint density at radius 1 is 1.03 bits per heavy atom. The molecule has 0 aliphatic carbocycles. The summed E-state index contributed by atoms with van der Waals surface area (Å²) in [5.41, 5.74) is 0.970. The molecule has 35 heavy (non-hydrogen) atoms. The third kappa shape index (κ3) is 4.01. The van der Waals surface area contributed by atoms with Gasteiger partial charge in [-0.2, -0.15) is 0 Å². The van der Waals surface area contributed by atoms with Crippen molar-refractivity contribution in [1.29, 1.82) is 0 Å². The van der Waals surface area contributed by atoms with Gasteiger partial charge in [0.2, 0.25) is 0 Å². The number of carbonyl (C=O) groups is 3. The summed E-state index contributed by atoms with van der Waals surface area (Å²) in [6.45, 7) is 1.61. The van der Waals surface area contributed by atoms with E-state index in [9.17, 15) is 19.5 Å². The molecule has 1 aliphatic heterocycles. The van der Waals surface area contributed by atoms with Gasteiger partial charge in [-0.3, -0.25) is 14.5 Å². The van der Waals surface area contributed by atoms with Crippen LogP contribution in [0.2, 0.25) is 0 Å². The van der Waals surface area contributed by atoms with Gasteiger partial charge in [0.05, 0.1) is 32.6 Å². The van der Waals surface area contributed by atoms with Crippen molar-refractivity contribution in [3.05, 3.63) is 75.8 Å². The third-order valence-corrected chi connectivity index (χ3v) is 6.72. The van der Waals surface area contributed by atoms with Crippen LogP contribution >= 0.6 is 11.3 Å². The van der Waals surface area contributed by atoms with Gasteiger partial charge >= 0.3 is 11.9 Å². The Labute approximate surface area is 205 Å². The molecule has 180 valence electrons. The summed E-state index contributed by atoms with van der Waals surface area (Å²) >= 11 is 0.918. The molecule has 1 amide bonds. The summed E-state index contributed by atoms with van der Waals surface area (Å²) in [5, 5.41) is 11.3. The molecule has 3 aromatic rings. The van der Waals surface area contributed by atoms with Crippen molar-refractivity contribution in [3.63, 3.8) is 0 Å². The molecule has 9 nitrogen and oxygen atoms in total. The highest BCUT2D eigenvalue weighted by molar-refractivity contribution is 7.17. The van der Waals surface area contributed by atoms with E-state index in [1.165, 1.54) is 21.3 Å². The standard InChI is InChI=1S/C25H22N2O7S/c1-13-22(24(31)34-4)35-25(26-13)27-18(15-11-8-12-16(32-2)21(15)33-3)17(20(29)23(27)30)19(28)14-9-6-5-7-10-14/h5-12,18,28H,1-4H3/t18-/m0/s1. The molecule has 0 bridgehead atoms. The van der Waals surface area contributed by atoms with Gasteiger partial charge in [-0.1, -0.05) is 53.8 Å². The molecule has 2 aromatic carbocycles. The van der Waals surface area contributed by atoms with Gasteiger partial charge < -0.3 is 19.3 Å². The maximum Gasteiger partial charge on any atom is 0.350 e. The number of rotatable bonds is 6. The maximum atomic E-state index is 13.4. The number of Topliss-reactive ketones (excluding diaryl/α,β-unsaturated/α-hetero) is 1. The van der Waals surface area contributed by atoms with Crippen LogP contribution in [-0.2, 0) is 14.3 Å². The zero-order valence-corrected chi connectivity index (χ0v) is 20.2. The van der Waals surface area contributed by atoms with Crippen molar-refractivity contribution in [1.82, 2.24) is 4.98 Å². The Bertz CT molecular complexity index is 1350. The van der Waals surface area contributed by atoms with Crippen LogP contribution in [0.4, 0.5) is 5.13 Å². The van der Waals surface area contributed by atoms with Crippen LogP contribution in [0.15, 0.2) is 54.1 Å². The fraction of sp³-hybridized carbons (Fsp3) is 0.200. The predicted molar refractivity (Wildman–Crippen MR) is 129 cm³/mol. The second kappa shape index (κ2) is 9.59. The zero-order chi connectivity index (χ0) is 25.3. The minimum Gasteiger partial charge on any atom is -0.507 e. The number of aromatic nitrogens is 1. The van der Waals surface area contributed by atoms with Crippen LogP contribution in [0.25, 0.3) is 5.76 Å². The highest BCUT2D eigenvalue weighted by atomic mass is 32.1. The van der Waals surface area contributed by atoms with E-state index in [4.69, 9.17) is 14.2 Å². The van der Waals surface area contributed by atoms with E-state index in [0.717, 1.165) is 16.2 Å². The van der Waals surface area contributed by atoms with E-state index in [-0.39, 0.29) is 27.1 Å². The Morgan fingerprint density at radius 3 is 2.37 bits per heavy atom. The van der Waals surface area contributed by atoms with E-state index in [1.807, 2.05) is 0 Å². The van der Waals surface area contributed by atoms with Crippen molar-refractivity contribution >= 4 is 39.9 Å². The first-order chi connectivity index (χ1) is 16.8. The molecular weight excluding hydrogens is 472 g/mol. The molecule has 10 heteroatoms. The number of anilines is 1. The number of nitrogens with zero attached hydrogens (tertiary/aromatic N) is 2. The quantitative estimate of drug-likeness (QED) is 0.238. The minimum atomic E-state index is -1.10. The second-order valence-corrected chi connectivity index (χ2v) is 8.50. The fourth-order valence-corrected chi connectivity index (χ4v) is 4.98. The predicted octanol–water partition coefficient (Wildman–Crippen LogP) is 3.88. The minimum absolute atomic E-state index is 0.104. The molecule has 1 fully saturated rings. The summed E-state index contributed by atoms with van der Waals surface area (Å²) in [5.74, 6) is -2.09. The molecule has 1 N–H and O–H groups in total. The molecule has 0 saturated carbocycles. The Kier molecular flexibility index (Phi) is 6.57. The number of aliphatic hydroxyl groups is 1. The lowest BCUT2D eigenvalue weighted by Gasteiger charge is -2.25. The third-order valence-electron chi connectivity index (χ3n) is 5.58. The molecule has 2 heterocycles. The number of hydrogen-bond donors (Lipinski definition) is 1. The number of ether oxygens (including phenoxy) is 3. The van der Waals surface area contributed by atoms with Crippen LogP contribution in [0.5, 0.6) is 11.5 Å². The van der Waals surface area contributed by atoms with Gasteiger partial charge in [0.15, 0.2) is 16.6 Å². The van der Waals surface area contributed by atoms with Crippen LogP contribution in [0.3, 0.4) is 0 Å². The number of aliphatic hydroxyl groups excluding tert-OH is 1. The van der Waals surface area contributed by atoms with Gasteiger partial charge in [0.1, 0.15) is 16.7 Å². The summed E-state index contributed by atoms with van der Waals surface area (Å²) in [6.07, 6.45) is 0. The number of aryl methyl sites for hydroxylation is 1. The average molecular weight is 495 g/mol. The van der Waals surface area contributed by atoms with E-state index in [0.29, 0.717) is 22.6 Å². The summed E-state index contributed by atoms with van der Waals surface area (Å²) in [7, 11) is 4.15. The lowest BCUT2D eigenvalue weighted by Crippen LogP contribution is -2.29. The van der Waals surface area contributed by atoms with Crippen LogP contribution in [0.1, 0.15) is 32.5 Å². The van der Waals surface area contributed by atoms with Crippen LogP contribution in [-0.4, -0.2) is 49.1 Å². The number of ketones is 1. The van der Waals surface area contributed by atoms with Gasteiger partial charge in [-0.05, 0) is 13.0 Å². The lowest BCUT2D eigenvalue weighted by molar-refractivity contribution is -0.132. The Hall–Kier alpha value is -4.18. The molecule has 1 saturated heterocycles. The van der Waals surface area contributed by atoms with Crippen molar-refractivity contribution in [2.75, 3.05) is 26.2 Å². The summed E-state index contributed by atoms with van der Waals surface area (Å²) in [4.78, 5) is 44.6. The average Bonchev–Trinajstić information content (AvgIpc) is 3.39. The number of thiazole rings is 1. The first kappa shape index (κ1) is 24.0. The first-order valence-electron chi connectivity index (χ1n) is 10.5. The highest BCUT2D eigenvalue weighted by Gasteiger charge is 2.49. The number of esters is 1. The van der Waals surface area contributed by atoms with Gasteiger partial charge in [-0.15, -0.1) is 0 Å². The monoisotopic (exact) mass is 494 g/mol. The molecule has 1 atom stereocenters. The summed E-state index contributed by atoms with van der Waals surface area (Å²) in [6, 6.07) is 12.4. The van der Waals surface area contributed by atoms with Crippen molar-refractivity contribution < 1.29 is 33.7 Å². The van der Waals surface area contributed by atoms with E-state index >= 15 is 0 Å². The van der Waals surface area contributed by atoms with Crippen molar-refractivity contribution in [2.24, 2.45) is 0 Å². The lowest BCUT2D eigenvalue weighted by atomic mass is 9.94. The molecular formula is C25H22N2O7S. The summed E-state index contributed by atoms with van der Waals surface area (Å²) < 4.78 is 15.8. The van der Waals surface area contributed by atoms with E-state index < -0.39 is 23.7 Å². The highest BCUT2D eigenvalue weighted by Crippen LogP contribution is 2.48. The van der Waals surface area contributed by atoms with Crippen molar-refractivity contribution in [2.45, 2.75) is 13.0 Å². The number of para-hydroxylation sites is 1. The Morgan fingerprint density at radius 2 is 1.74 bits per heavy atom. The Balaban J connectivity index is 2.01. The number of benzene rings is 2. The number of carbonyl (C=O) groups excluding carboxylic acids is 3. The van der Waals surface area contributed by atoms with Gasteiger partial charge in [0.25, 0.3) is 5.78 Å². The maximum absolute atomic E-state index is 13.4. The van der Waals surface area contributed by atoms with E-state index in [2.05, 4.69) is 4.98 Å². The number of hydrogen-bond acceptors (Lipinski definition) is 9. The van der Waals surface area contributed by atoms with Crippen LogP contribution in [0, 0.1) is 6.92 Å². The number of amides is 1. The van der Waals surface area contributed by atoms with Gasteiger partial charge in [0, 0.05) is 11.1 Å². The van der Waals surface area contributed by atoms with Crippen molar-refractivity contribution in [3.8, 4) is 11.5 Å². The largest absolute Gasteiger partial charge is 0.507 e. The molecule has 1 aromatic heterocycles. The zero-order valence-electron chi connectivity index (χ0n) is 19.4. The molecule has 0 spiro atoms. The second-order valence-electron chi connectivity index (χ2n) is 7.52. The molecule has 1 aliphatic rings.